The number of nitrogens with zero attached hydrogens (tertiary/aromatic N) is 3. The number of aryl methyl sites for hydroxylation is 1. The Bertz CT molecular complexity index is 1040. The van der Waals surface area contributed by atoms with Crippen LogP contribution in [0.5, 0.6) is 0 Å². The predicted molar refractivity (Wildman–Crippen MR) is 94.2 cm³/mol. The van der Waals surface area contributed by atoms with Gasteiger partial charge < -0.3 is 9.84 Å². The molecule has 4 aromatic rings. The van der Waals surface area contributed by atoms with Crippen LogP contribution in [0.15, 0.2) is 65.4 Å². The van der Waals surface area contributed by atoms with E-state index in [1.807, 2.05) is 36.4 Å². The van der Waals surface area contributed by atoms with Gasteiger partial charge in [0.05, 0.1) is 16.6 Å². The summed E-state index contributed by atoms with van der Waals surface area (Å²) in [6.07, 6.45) is 3.19. The van der Waals surface area contributed by atoms with Crippen molar-refractivity contribution in [3.63, 3.8) is 0 Å². The summed E-state index contributed by atoms with van der Waals surface area (Å²) in [5.41, 5.74) is 3.60. The van der Waals surface area contributed by atoms with Gasteiger partial charge in [0.2, 0.25) is 0 Å². The number of pyridine rings is 2. The average molecular weight is 330 g/mol. The Hall–Kier alpha value is -3.54. The molecule has 0 aliphatic carbocycles. The molecule has 1 aromatic carbocycles. The molecule has 4 rings (SSSR count). The van der Waals surface area contributed by atoms with Crippen LogP contribution in [0.1, 0.15) is 16.1 Å². The van der Waals surface area contributed by atoms with Crippen LogP contribution in [0.2, 0.25) is 0 Å². The number of benzene rings is 1. The first-order valence-electron chi connectivity index (χ1n) is 7.75. The molecular formula is C19H14N4O2. The van der Waals surface area contributed by atoms with Gasteiger partial charge in [-0.2, -0.15) is 0 Å². The Kier molecular flexibility index (Phi) is 3.70. The molecule has 1 N–H and O–H groups in total. The summed E-state index contributed by atoms with van der Waals surface area (Å²) in [4.78, 5) is 20.8. The Labute approximate surface area is 143 Å². The Morgan fingerprint density at radius 3 is 2.60 bits per heavy atom. The van der Waals surface area contributed by atoms with E-state index in [9.17, 15) is 4.79 Å². The summed E-state index contributed by atoms with van der Waals surface area (Å²) >= 11 is 0. The maximum atomic E-state index is 12.4. The highest BCUT2D eigenvalue weighted by atomic mass is 16.5. The number of hydrogen-bond acceptors (Lipinski definition) is 5. The lowest BCUT2D eigenvalue weighted by Crippen LogP contribution is -2.13. The second kappa shape index (κ2) is 6.16. The normalized spacial score (nSPS) is 10.8. The first kappa shape index (κ1) is 15.0. The van der Waals surface area contributed by atoms with E-state index in [0.29, 0.717) is 22.8 Å². The fourth-order valence-electron chi connectivity index (χ4n) is 2.53. The van der Waals surface area contributed by atoms with Gasteiger partial charge in [0.25, 0.3) is 11.6 Å². The van der Waals surface area contributed by atoms with Gasteiger partial charge in [-0.25, -0.2) is 9.97 Å². The number of anilines is 1. The Balaban J connectivity index is 1.54. The Morgan fingerprint density at radius 2 is 1.84 bits per heavy atom. The fraction of sp³-hybridized carbons (Fsp3) is 0.0526. The summed E-state index contributed by atoms with van der Waals surface area (Å²) < 4.78 is 5.05. The molecule has 0 bridgehead atoms. The van der Waals surface area contributed by atoms with E-state index in [2.05, 4.69) is 20.4 Å². The van der Waals surface area contributed by atoms with Crippen LogP contribution >= 0.6 is 0 Å². The topological polar surface area (TPSA) is 80.9 Å². The van der Waals surface area contributed by atoms with Crippen molar-refractivity contribution in [3.8, 4) is 11.1 Å². The number of carbonyl (C=O) groups excluding carboxylic acids is 1. The number of rotatable bonds is 3. The smallest absolute Gasteiger partial charge is 0.258 e. The second-order valence-electron chi connectivity index (χ2n) is 5.60. The molecule has 0 fully saturated rings. The van der Waals surface area contributed by atoms with Crippen LogP contribution in [0, 0.1) is 6.92 Å². The standard InChI is InChI=1S/C19H14N4O2/c1-12-16-9-15(11-21-19(16)25-23-12)18(24)22-17-8-7-14(10-20-17)13-5-3-2-4-6-13/h2-11H,1H3,(H,20,22,24). The van der Waals surface area contributed by atoms with Crippen molar-refractivity contribution < 1.29 is 9.32 Å². The maximum Gasteiger partial charge on any atom is 0.258 e. The van der Waals surface area contributed by atoms with E-state index in [1.165, 1.54) is 6.20 Å². The van der Waals surface area contributed by atoms with E-state index >= 15 is 0 Å². The first-order chi connectivity index (χ1) is 12.2. The lowest BCUT2D eigenvalue weighted by atomic mass is 10.1. The summed E-state index contributed by atoms with van der Waals surface area (Å²) in [6, 6.07) is 15.3. The lowest BCUT2D eigenvalue weighted by Gasteiger charge is -2.06. The molecule has 6 nitrogen and oxygen atoms in total. The minimum atomic E-state index is -0.282. The molecule has 0 atom stereocenters. The highest BCUT2D eigenvalue weighted by Crippen LogP contribution is 2.20. The Morgan fingerprint density at radius 1 is 1.00 bits per heavy atom. The van der Waals surface area contributed by atoms with Crippen molar-refractivity contribution in [1.29, 1.82) is 0 Å². The van der Waals surface area contributed by atoms with Crippen LogP contribution < -0.4 is 5.32 Å². The van der Waals surface area contributed by atoms with Crippen molar-refractivity contribution in [3.05, 3.63) is 72.2 Å². The quantitative estimate of drug-likeness (QED) is 0.617. The molecule has 25 heavy (non-hydrogen) atoms. The molecule has 0 aliphatic heterocycles. The molecule has 0 saturated heterocycles. The molecule has 3 heterocycles. The summed E-state index contributed by atoms with van der Waals surface area (Å²) in [6.45, 7) is 1.80. The molecule has 1 amide bonds. The number of aromatic nitrogens is 3. The lowest BCUT2D eigenvalue weighted by molar-refractivity contribution is 0.102. The number of hydrogen-bond donors (Lipinski definition) is 1. The van der Waals surface area contributed by atoms with Gasteiger partial charge in [-0.05, 0) is 30.7 Å². The first-order valence-corrected chi connectivity index (χ1v) is 7.75. The molecule has 0 radical (unpaired) electrons. The van der Waals surface area contributed by atoms with E-state index in [1.54, 1.807) is 25.3 Å². The van der Waals surface area contributed by atoms with Gasteiger partial charge in [-0.3, -0.25) is 4.79 Å². The molecule has 122 valence electrons. The van der Waals surface area contributed by atoms with E-state index in [-0.39, 0.29) is 5.91 Å². The third-order valence-corrected chi connectivity index (χ3v) is 3.88. The molecule has 0 unspecified atom stereocenters. The van der Waals surface area contributed by atoms with Crippen molar-refractivity contribution >= 4 is 22.8 Å². The molecule has 3 aromatic heterocycles. The minimum Gasteiger partial charge on any atom is -0.336 e. The van der Waals surface area contributed by atoms with Crippen LogP contribution in [-0.2, 0) is 0 Å². The maximum absolute atomic E-state index is 12.4. The zero-order valence-electron chi connectivity index (χ0n) is 13.4. The fourth-order valence-corrected chi connectivity index (χ4v) is 2.53. The molecule has 0 saturated carbocycles. The van der Waals surface area contributed by atoms with Gasteiger partial charge in [-0.15, -0.1) is 0 Å². The predicted octanol–water partition coefficient (Wildman–Crippen LogP) is 3.85. The van der Waals surface area contributed by atoms with E-state index < -0.39 is 0 Å². The third-order valence-electron chi connectivity index (χ3n) is 3.88. The number of nitrogens with one attached hydrogen (secondary N) is 1. The van der Waals surface area contributed by atoms with Crippen LogP contribution in [0.3, 0.4) is 0 Å². The highest BCUT2D eigenvalue weighted by molar-refractivity contribution is 6.05. The summed E-state index contributed by atoms with van der Waals surface area (Å²) in [7, 11) is 0. The van der Waals surface area contributed by atoms with Gasteiger partial charge >= 0.3 is 0 Å². The summed E-state index contributed by atoms with van der Waals surface area (Å²) in [5.74, 6) is 0.196. The van der Waals surface area contributed by atoms with Crippen molar-refractivity contribution in [2.75, 3.05) is 5.32 Å². The SMILES string of the molecule is Cc1noc2ncc(C(=O)Nc3ccc(-c4ccccc4)cn3)cc12. The zero-order chi connectivity index (χ0) is 17.2. The average Bonchev–Trinajstić information content (AvgIpc) is 3.03. The van der Waals surface area contributed by atoms with Gasteiger partial charge in [0.15, 0.2) is 0 Å². The van der Waals surface area contributed by atoms with Crippen LogP contribution in [-0.4, -0.2) is 21.0 Å². The number of fused-ring (bicyclic) bond motifs is 1. The minimum absolute atomic E-state index is 0.282. The van der Waals surface area contributed by atoms with Crippen molar-refractivity contribution in [2.24, 2.45) is 0 Å². The number of carbonyl (C=O) groups is 1. The zero-order valence-corrected chi connectivity index (χ0v) is 13.4. The third kappa shape index (κ3) is 2.97. The summed E-state index contributed by atoms with van der Waals surface area (Å²) in [5, 5.41) is 7.33. The van der Waals surface area contributed by atoms with E-state index in [0.717, 1.165) is 16.5 Å². The van der Waals surface area contributed by atoms with Gasteiger partial charge in [0.1, 0.15) is 5.82 Å². The van der Waals surface area contributed by atoms with Crippen molar-refractivity contribution in [2.45, 2.75) is 6.92 Å². The van der Waals surface area contributed by atoms with Crippen LogP contribution in [0.4, 0.5) is 5.82 Å². The largest absolute Gasteiger partial charge is 0.336 e. The van der Waals surface area contributed by atoms with Crippen LogP contribution in [0.25, 0.3) is 22.2 Å². The highest BCUT2D eigenvalue weighted by Gasteiger charge is 2.12. The molecule has 0 spiro atoms. The van der Waals surface area contributed by atoms with Gasteiger partial charge in [-0.1, -0.05) is 35.5 Å². The number of amides is 1. The van der Waals surface area contributed by atoms with Gasteiger partial charge in [0, 0.05) is 18.0 Å². The van der Waals surface area contributed by atoms with Crippen molar-refractivity contribution in [1.82, 2.24) is 15.1 Å². The monoisotopic (exact) mass is 330 g/mol. The molecular weight excluding hydrogens is 316 g/mol. The van der Waals surface area contributed by atoms with E-state index in [4.69, 9.17) is 4.52 Å². The molecule has 6 heteroatoms. The second-order valence-corrected chi connectivity index (χ2v) is 5.60. The molecule has 0 aliphatic rings.